The van der Waals surface area contributed by atoms with Crippen molar-refractivity contribution in [1.82, 2.24) is 0 Å². The molecule has 0 atom stereocenters. The molecular weight excluding hydrogens is 327 g/mol. The van der Waals surface area contributed by atoms with Gasteiger partial charge in [-0.15, -0.1) is 0 Å². The zero-order valence-electron chi connectivity index (χ0n) is 10.9. The summed E-state index contributed by atoms with van der Waals surface area (Å²) in [5, 5.41) is 0. The van der Waals surface area contributed by atoms with Gasteiger partial charge >= 0.3 is 0 Å². The molecule has 0 aromatic heterocycles. The number of benzene rings is 2. The Kier molecular flexibility index (Phi) is 4.39. The van der Waals surface area contributed by atoms with E-state index in [-0.39, 0.29) is 5.56 Å². The van der Waals surface area contributed by atoms with Gasteiger partial charge in [-0.1, -0.05) is 15.9 Å². The summed E-state index contributed by atoms with van der Waals surface area (Å²) in [6.07, 6.45) is 0. The van der Waals surface area contributed by atoms with E-state index < -0.39 is 11.6 Å². The minimum atomic E-state index is -0.570. The molecule has 0 fully saturated rings. The van der Waals surface area contributed by atoms with E-state index in [1.807, 2.05) is 0 Å². The SMILES string of the molecule is COc1ccc(C(=O)c2ccc(Br)cc2F)cc1OC. The maximum Gasteiger partial charge on any atom is 0.196 e. The summed E-state index contributed by atoms with van der Waals surface area (Å²) in [5.41, 5.74) is 0.351. The van der Waals surface area contributed by atoms with Gasteiger partial charge in [-0.25, -0.2) is 4.39 Å². The van der Waals surface area contributed by atoms with Crippen molar-refractivity contribution in [2.45, 2.75) is 0 Å². The van der Waals surface area contributed by atoms with Crippen LogP contribution in [0, 0.1) is 5.82 Å². The van der Waals surface area contributed by atoms with Gasteiger partial charge in [0.05, 0.1) is 19.8 Å². The number of carbonyl (C=O) groups is 1. The number of carbonyl (C=O) groups excluding carboxylic acids is 1. The topological polar surface area (TPSA) is 35.5 Å². The first kappa shape index (κ1) is 14.5. The van der Waals surface area contributed by atoms with Crippen LogP contribution in [0.1, 0.15) is 15.9 Å². The molecule has 0 aliphatic heterocycles. The minimum Gasteiger partial charge on any atom is -0.493 e. The van der Waals surface area contributed by atoms with Crippen molar-refractivity contribution in [2.75, 3.05) is 14.2 Å². The molecule has 0 radical (unpaired) electrons. The van der Waals surface area contributed by atoms with Gasteiger partial charge in [0.1, 0.15) is 5.82 Å². The quantitative estimate of drug-likeness (QED) is 0.794. The molecule has 0 heterocycles. The van der Waals surface area contributed by atoms with Crippen LogP contribution < -0.4 is 9.47 Å². The highest BCUT2D eigenvalue weighted by Crippen LogP contribution is 2.29. The fourth-order valence-electron chi connectivity index (χ4n) is 1.81. The van der Waals surface area contributed by atoms with Crippen molar-refractivity contribution in [1.29, 1.82) is 0 Å². The molecule has 20 heavy (non-hydrogen) atoms. The third-order valence-corrected chi connectivity index (χ3v) is 3.31. The smallest absolute Gasteiger partial charge is 0.196 e. The molecular formula is C15H12BrFO3. The van der Waals surface area contributed by atoms with Crippen LogP contribution in [-0.2, 0) is 0 Å². The third-order valence-electron chi connectivity index (χ3n) is 2.82. The van der Waals surface area contributed by atoms with E-state index in [0.717, 1.165) is 0 Å². The first-order chi connectivity index (χ1) is 9.56. The van der Waals surface area contributed by atoms with Crippen molar-refractivity contribution in [2.24, 2.45) is 0 Å². The first-order valence-electron chi connectivity index (χ1n) is 5.78. The molecule has 0 saturated heterocycles. The van der Waals surface area contributed by atoms with Crippen molar-refractivity contribution in [3.8, 4) is 11.5 Å². The Bertz CT molecular complexity index is 656. The average Bonchev–Trinajstić information content (AvgIpc) is 2.45. The van der Waals surface area contributed by atoms with Gasteiger partial charge in [-0.2, -0.15) is 0 Å². The van der Waals surface area contributed by atoms with E-state index in [0.29, 0.717) is 21.5 Å². The molecule has 2 aromatic rings. The number of hydrogen-bond donors (Lipinski definition) is 0. The molecule has 0 spiro atoms. The predicted octanol–water partition coefficient (Wildman–Crippen LogP) is 3.84. The van der Waals surface area contributed by atoms with Crippen molar-refractivity contribution < 1.29 is 18.7 Å². The van der Waals surface area contributed by atoms with Crippen molar-refractivity contribution >= 4 is 21.7 Å². The Hall–Kier alpha value is -1.88. The maximum absolute atomic E-state index is 13.8. The summed E-state index contributed by atoms with van der Waals surface area (Å²) in [6, 6.07) is 9.04. The number of rotatable bonds is 4. The Balaban J connectivity index is 2.43. The largest absolute Gasteiger partial charge is 0.493 e. The van der Waals surface area contributed by atoms with Crippen molar-refractivity contribution in [3.63, 3.8) is 0 Å². The molecule has 104 valence electrons. The summed E-state index contributed by atoms with van der Waals surface area (Å²) in [6.45, 7) is 0. The lowest BCUT2D eigenvalue weighted by atomic mass is 10.0. The summed E-state index contributed by atoms with van der Waals surface area (Å²) in [7, 11) is 2.99. The molecule has 2 aromatic carbocycles. The summed E-state index contributed by atoms with van der Waals surface area (Å²) in [5.74, 6) is -0.0358. The second-order valence-electron chi connectivity index (χ2n) is 4.02. The van der Waals surface area contributed by atoms with E-state index >= 15 is 0 Å². The molecule has 5 heteroatoms. The number of hydrogen-bond acceptors (Lipinski definition) is 3. The minimum absolute atomic E-state index is 0.0143. The van der Waals surface area contributed by atoms with Gasteiger partial charge in [0.15, 0.2) is 17.3 Å². The lowest BCUT2D eigenvalue weighted by Crippen LogP contribution is -2.05. The number of ether oxygens (including phenoxy) is 2. The standard InChI is InChI=1S/C15H12BrFO3/c1-19-13-6-3-9(7-14(13)20-2)15(18)11-5-4-10(16)8-12(11)17/h3-8H,1-2H3. The van der Waals surface area contributed by atoms with Crippen LogP contribution in [0.2, 0.25) is 0 Å². The van der Waals surface area contributed by atoms with E-state index in [9.17, 15) is 9.18 Å². The Labute approximate surface area is 124 Å². The molecule has 3 nitrogen and oxygen atoms in total. The normalized spacial score (nSPS) is 10.2. The van der Waals surface area contributed by atoms with Crippen LogP contribution in [0.25, 0.3) is 0 Å². The number of halogens is 2. The molecule has 0 saturated carbocycles. The molecule has 0 unspecified atom stereocenters. The van der Waals surface area contributed by atoms with Crippen LogP contribution >= 0.6 is 15.9 Å². The van der Waals surface area contributed by atoms with Gasteiger partial charge in [-0.05, 0) is 36.4 Å². The Morgan fingerprint density at radius 2 is 1.75 bits per heavy atom. The van der Waals surface area contributed by atoms with Gasteiger partial charge < -0.3 is 9.47 Å². The van der Waals surface area contributed by atoms with Gasteiger partial charge in [-0.3, -0.25) is 4.79 Å². The lowest BCUT2D eigenvalue weighted by Gasteiger charge is -2.09. The zero-order chi connectivity index (χ0) is 14.7. The highest BCUT2D eigenvalue weighted by atomic mass is 79.9. The van der Waals surface area contributed by atoms with Crippen LogP contribution in [-0.4, -0.2) is 20.0 Å². The second kappa shape index (κ2) is 6.05. The molecule has 2 rings (SSSR count). The zero-order valence-corrected chi connectivity index (χ0v) is 12.5. The number of ketones is 1. The molecule has 0 aliphatic carbocycles. The lowest BCUT2D eigenvalue weighted by molar-refractivity contribution is 0.103. The van der Waals surface area contributed by atoms with E-state index in [1.54, 1.807) is 18.2 Å². The molecule has 0 bridgehead atoms. The van der Waals surface area contributed by atoms with E-state index in [2.05, 4.69) is 15.9 Å². The fraction of sp³-hybridized carbons (Fsp3) is 0.133. The van der Waals surface area contributed by atoms with Crippen molar-refractivity contribution in [3.05, 3.63) is 57.8 Å². The van der Waals surface area contributed by atoms with Gasteiger partial charge in [0, 0.05) is 10.0 Å². The molecule has 0 amide bonds. The first-order valence-corrected chi connectivity index (χ1v) is 6.58. The monoisotopic (exact) mass is 338 g/mol. The average molecular weight is 339 g/mol. The summed E-state index contributed by atoms with van der Waals surface area (Å²) in [4.78, 5) is 12.3. The molecule has 0 aliphatic rings. The van der Waals surface area contributed by atoms with Gasteiger partial charge in [0.2, 0.25) is 0 Å². The van der Waals surface area contributed by atoms with Crippen LogP contribution in [0.3, 0.4) is 0 Å². The van der Waals surface area contributed by atoms with Crippen LogP contribution in [0.4, 0.5) is 4.39 Å². The Morgan fingerprint density at radius 3 is 2.35 bits per heavy atom. The predicted molar refractivity (Wildman–Crippen MR) is 77.1 cm³/mol. The van der Waals surface area contributed by atoms with E-state index in [1.165, 1.54) is 32.4 Å². The summed E-state index contributed by atoms with van der Waals surface area (Å²) >= 11 is 3.16. The number of methoxy groups -OCH3 is 2. The van der Waals surface area contributed by atoms with Crippen LogP contribution in [0.5, 0.6) is 11.5 Å². The van der Waals surface area contributed by atoms with E-state index in [4.69, 9.17) is 9.47 Å². The van der Waals surface area contributed by atoms with Gasteiger partial charge in [0.25, 0.3) is 0 Å². The molecule has 0 N–H and O–H groups in total. The fourth-order valence-corrected chi connectivity index (χ4v) is 2.14. The maximum atomic E-state index is 13.8. The second-order valence-corrected chi connectivity index (χ2v) is 4.94. The third kappa shape index (κ3) is 2.82. The van der Waals surface area contributed by atoms with Crippen LogP contribution in [0.15, 0.2) is 40.9 Å². The highest BCUT2D eigenvalue weighted by Gasteiger charge is 2.16. The Morgan fingerprint density at radius 1 is 1.05 bits per heavy atom. The summed E-state index contributed by atoms with van der Waals surface area (Å²) < 4.78 is 24.6. The highest BCUT2D eigenvalue weighted by molar-refractivity contribution is 9.10.